The minimum Gasteiger partial charge on any atom is -0.319 e. The lowest BCUT2D eigenvalue weighted by molar-refractivity contribution is 0.356. The number of hydrogen-bond acceptors (Lipinski definition) is 1. The van der Waals surface area contributed by atoms with Crippen molar-refractivity contribution in [2.45, 2.75) is 61.8 Å². The molecule has 0 bridgehead atoms. The van der Waals surface area contributed by atoms with Gasteiger partial charge < -0.3 is 5.32 Å². The fourth-order valence-electron chi connectivity index (χ4n) is 1.03. The molecule has 15 heavy (non-hydrogen) atoms. The van der Waals surface area contributed by atoms with E-state index in [1.54, 1.807) is 0 Å². The summed E-state index contributed by atoms with van der Waals surface area (Å²) >= 11 is 0. The van der Waals surface area contributed by atoms with Crippen molar-refractivity contribution in [2.24, 2.45) is 5.41 Å². The second-order valence-electron chi connectivity index (χ2n) is 4.18. The molecule has 94 valence electrons. The van der Waals surface area contributed by atoms with Crippen LogP contribution in [0.15, 0.2) is 11.6 Å². The zero-order chi connectivity index (χ0) is 12.9. The molecule has 0 rings (SSSR count). The Kier molecular flexibility index (Phi) is 18.4. The van der Waals surface area contributed by atoms with E-state index in [0.717, 1.165) is 13.0 Å². The van der Waals surface area contributed by atoms with E-state index in [0.29, 0.717) is 5.41 Å². The molecule has 0 amide bonds. The van der Waals surface area contributed by atoms with Crippen LogP contribution in [0.4, 0.5) is 0 Å². The Morgan fingerprint density at radius 1 is 1.07 bits per heavy atom. The first-order chi connectivity index (χ1) is 6.98. The molecule has 0 aliphatic carbocycles. The van der Waals surface area contributed by atoms with Crippen molar-refractivity contribution in [3.8, 4) is 0 Å². The molecule has 0 aromatic heterocycles. The molecule has 1 heteroatoms. The molecule has 0 aromatic carbocycles. The summed E-state index contributed by atoms with van der Waals surface area (Å²) in [6.07, 6.45) is 3.47. The Hall–Kier alpha value is -0.300. The molecule has 0 heterocycles. The fourth-order valence-corrected chi connectivity index (χ4v) is 1.03. The molecule has 0 saturated heterocycles. The molecule has 0 atom stereocenters. The summed E-state index contributed by atoms with van der Waals surface area (Å²) in [4.78, 5) is 0. The molecule has 0 radical (unpaired) electrons. The van der Waals surface area contributed by atoms with Crippen LogP contribution in [0.1, 0.15) is 61.8 Å². The van der Waals surface area contributed by atoms with Crippen LogP contribution in [0.3, 0.4) is 0 Å². The van der Waals surface area contributed by atoms with E-state index >= 15 is 0 Å². The average molecular weight is 215 g/mol. The molecular weight excluding hydrogens is 182 g/mol. The van der Waals surface area contributed by atoms with E-state index in [1.807, 2.05) is 34.7 Å². The highest BCUT2D eigenvalue weighted by Gasteiger charge is 2.13. The number of rotatable bonds is 4. The summed E-state index contributed by atoms with van der Waals surface area (Å²) in [5, 5.41) is 3.20. The van der Waals surface area contributed by atoms with E-state index in [-0.39, 0.29) is 0 Å². The summed E-state index contributed by atoms with van der Waals surface area (Å²) in [5.74, 6) is 0. The van der Waals surface area contributed by atoms with Crippen LogP contribution in [0.25, 0.3) is 0 Å². The maximum atomic E-state index is 3.20. The zero-order valence-electron chi connectivity index (χ0n) is 12.5. The number of hydrogen-bond donors (Lipinski definition) is 1. The van der Waals surface area contributed by atoms with Crippen LogP contribution in [-0.2, 0) is 0 Å². The van der Waals surface area contributed by atoms with Crippen LogP contribution >= 0.6 is 0 Å². The van der Waals surface area contributed by atoms with Gasteiger partial charge in [-0.05, 0) is 32.7 Å². The maximum absolute atomic E-state index is 3.20. The standard InChI is InChI=1S/C10H21N.2C2H6/c1-9(2)6-7-10(3,4)8-11-5;2*1-2/h6,11H,7-8H2,1-5H3;2*1-2H3. The van der Waals surface area contributed by atoms with Crippen molar-refractivity contribution >= 4 is 0 Å². The lowest BCUT2D eigenvalue weighted by Gasteiger charge is -2.22. The van der Waals surface area contributed by atoms with Crippen molar-refractivity contribution in [1.29, 1.82) is 0 Å². The summed E-state index contributed by atoms with van der Waals surface area (Å²) in [5.41, 5.74) is 1.81. The first-order valence-electron chi connectivity index (χ1n) is 6.26. The quantitative estimate of drug-likeness (QED) is 0.674. The number of nitrogens with one attached hydrogen (secondary N) is 1. The molecule has 1 N–H and O–H groups in total. The SMILES string of the molecule is CC.CC.CNCC(C)(C)CC=C(C)C. The van der Waals surface area contributed by atoms with E-state index in [1.165, 1.54) is 5.57 Å². The molecule has 0 aromatic rings. The smallest absolute Gasteiger partial charge is 0.000248 e. The highest BCUT2D eigenvalue weighted by Crippen LogP contribution is 2.20. The second kappa shape index (κ2) is 13.7. The van der Waals surface area contributed by atoms with Gasteiger partial charge in [-0.1, -0.05) is 53.2 Å². The van der Waals surface area contributed by atoms with Gasteiger partial charge in [-0.3, -0.25) is 0 Å². The first-order valence-corrected chi connectivity index (χ1v) is 6.26. The zero-order valence-corrected chi connectivity index (χ0v) is 12.5. The van der Waals surface area contributed by atoms with E-state index in [9.17, 15) is 0 Å². The van der Waals surface area contributed by atoms with Crippen molar-refractivity contribution in [1.82, 2.24) is 5.32 Å². The van der Waals surface area contributed by atoms with Gasteiger partial charge in [0.05, 0.1) is 0 Å². The molecule has 1 nitrogen and oxygen atoms in total. The van der Waals surface area contributed by atoms with E-state index < -0.39 is 0 Å². The summed E-state index contributed by atoms with van der Waals surface area (Å²) in [6, 6.07) is 0. The Morgan fingerprint density at radius 3 is 1.73 bits per heavy atom. The van der Waals surface area contributed by atoms with Gasteiger partial charge in [0, 0.05) is 6.54 Å². The Morgan fingerprint density at radius 2 is 1.47 bits per heavy atom. The van der Waals surface area contributed by atoms with Crippen LogP contribution in [-0.4, -0.2) is 13.6 Å². The Balaban J connectivity index is -0.000000318. The van der Waals surface area contributed by atoms with Gasteiger partial charge >= 0.3 is 0 Å². The normalized spacial score (nSPS) is 9.13. The van der Waals surface area contributed by atoms with Crippen LogP contribution in [0.2, 0.25) is 0 Å². The first kappa shape index (κ1) is 20.2. The minimum absolute atomic E-state index is 0.395. The van der Waals surface area contributed by atoms with Gasteiger partial charge in [0.1, 0.15) is 0 Å². The lowest BCUT2D eigenvalue weighted by Crippen LogP contribution is -2.25. The predicted octanol–water partition coefficient (Wildman–Crippen LogP) is 4.64. The Labute approximate surface area is 98.4 Å². The van der Waals surface area contributed by atoms with Crippen LogP contribution in [0.5, 0.6) is 0 Å². The summed E-state index contributed by atoms with van der Waals surface area (Å²) < 4.78 is 0. The van der Waals surface area contributed by atoms with Crippen LogP contribution in [0, 0.1) is 5.41 Å². The molecule has 0 saturated carbocycles. The van der Waals surface area contributed by atoms with Gasteiger partial charge in [0.2, 0.25) is 0 Å². The topological polar surface area (TPSA) is 12.0 Å². The number of allylic oxidation sites excluding steroid dienone is 2. The average Bonchev–Trinajstić information content (AvgIpc) is 2.21. The largest absolute Gasteiger partial charge is 0.319 e. The highest BCUT2D eigenvalue weighted by atomic mass is 14.8. The van der Waals surface area contributed by atoms with E-state index in [2.05, 4.69) is 39.1 Å². The van der Waals surface area contributed by atoms with E-state index in [4.69, 9.17) is 0 Å². The van der Waals surface area contributed by atoms with Gasteiger partial charge in [-0.15, -0.1) is 0 Å². The molecule has 0 unspecified atom stereocenters. The molecule has 0 aliphatic heterocycles. The predicted molar refractivity (Wildman–Crippen MR) is 74.5 cm³/mol. The van der Waals surface area contributed by atoms with Crippen molar-refractivity contribution in [3.05, 3.63) is 11.6 Å². The van der Waals surface area contributed by atoms with Gasteiger partial charge in [-0.25, -0.2) is 0 Å². The third-order valence-electron chi connectivity index (χ3n) is 1.72. The minimum atomic E-state index is 0.395. The molecule has 0 aliphatic rings. The monoisotopic (exact) mass is 215 g/mol. The maximum Gasteiger partial charge on any atom is 0.000248 e. The van der Waals surface area contributed by atoms with Gasteiger partial charge in [0.15, 0.2) is 0 Å². The lowest BCUT2D eigenvalue weighted by atomic mass is 9.88. The van der Waals surface area contributed by atoms with Gasteiger partial charge in [-0.2, -0.15) is 0 Å². The third-order valence-corrected chi connectivity index (χ3v) is 1.72. The van der Waals surface area contributed by atoms with Crippen molar-refractivity contribution in [2.75, 3.05) is 13.6 Å². The second-order valence-corrected chi connectivity index (χ2v) is 4.18. The van der Waals surface area contributed by atoms with Gasteiger partial charge in [0.25, 0.3) is 0 Å². The summed E-state index contributed by atoms with van der Waals surface area (Å²) in [7, 11) is 2.00. The molecule has 0 spiro atoms. The molecular formula is C14H33N. The van der Waals surface area contributed by atoms with Crippen molar-refractivity contribution in [3.63, 3.8) is 0 Å². The third kappa shape index (κ3) is 19.9. The molecule has 0 fully saturated rings. The Bertz CT molecular complexity index is 130. The van der Waals surface area contributed by atoms with Crippen molar-refractivity contribution < 1.29 is 0 Å². The highest BCUT2D eigenvalue weighted by molar-refractivity contribution is 4.96. The fraction of sp³-hybridized carbons (Fsp3) is 0.857. The van der Waals surface area contributed by atoms with Crippen LogP contribution < -0.4 is 5.32 Å². The summed E-state index contributed by atoms with van der Waals surface area (Å²) in [6.45, 7) is 17.9.